The van der Waals surface area contributed by atoms with Gasteiger partial charge in [0.2, 0.25) is 0 Å². The number of ether oxygens (including phenoxy) is 1. The van der Waals surface area contributed by atoms with Crippen LogP contribution in [-0.2, 0) is 0 Å². The van der Waals surface area contributed by atoms with Crippen molar-refractivity contribution in [3.05, 3.63) is 65.5 Å². The van der Waals surface area contributed by atoms with E-state index in [0.717, 1.165) is 11.3 Å². The topological polar surface area (TPSA) is 41.6 Å². The van der Waals surface area contributed by atoms with Gasteiger partial charge in [-0.2, -0.15) is 0 Å². The molecule has 0 saturated carbocycles. The van der Waals surface area contributed by atoms with Crippen molar-refractivity contribution in [1.29, 1.82) is 0 Å². The predicted molar refractivity (Wildman–Crippen MR) is 88.2 cm³/mol. The number of para-hydroxylation sites is 1. The number of nitrogens with zero attached hydrogens (tertiary/aromatic N) is 1. The number of carbonyl (C=O) groups is 1. The lowest BCUT2D eigenvalue weighted by molar-refractivity contribution is 0.0937. The molecule has 0 heterocycles. The van der Waals surface area contributed by atoms with Gasteiger partial charge in [0.05, 0.1) is 18.7 Å². The van der Waals surface area contributed by atoms with Crippen molar-refractivity contribution in [2.75, 3.05) is 27.7 Å². The highest BCUT2D eigenvalue weighted by Gasteiger charge is 2.20. The molecule has 0 aliphatic carbocycles. The van der Waals surface area contributed by atoms with E-state index in [0.29, 0.717) is 6.54 Å². The lowest BCUT2D eigenvalue weighted by atomic mass is 10.0. The van der Waals surface area contributed by atoms with Gasteiger partial charge in [-0.25, -0.2) is 4.39 Å². The van der Waals surface area contributed by atoms with Crippen molar-refractivity contribution < 1.29 is 13.9 Å². The molecule has 2 rings (SSSR count). The molecule has 0 saturated heterocycles. The van der Waals surface area contributed by atoms with Gasteiger partial charge in [0, 0.05) is 12.1 Å². The van der Waals surface area contributed by atoms with E-state index in [9.17, 15) is 9.18 Å². The third kappa shape index (κ3) is 4.07. The van der Waals surface area contributed by atoms with E-state index in [-0.39, 0.29) is 11.6 Å². The molecule has 2 aromatic rings. The summed E-state index contributed by atoms with van der Waals surface area (Å²) < 4.78 is 19.1. The van der Waals surface area contributed by atoms with Crippen molar-refractivity contribution in [3.8, 4) is 5.75 Å². The summed E-state index contributed by atoms with van der Waals surface area (Å²) in [5, 5.41) is 2.79. The molecule has 1 atom stereocenters. The number of hydrogen-bond acceptors (Lipinski definition) is 3. The number of rotatable bonds is 6. The van der Waals surface area contributed by atoms with E-state index in [4.69, 9.17) is 4.74 Å². The minimum absolute atomic E-state index is 0.0463. The highest BCUT2D eigenvalue weighted by molar-refractivity contribution is 5.94. The van der Waals surface area contributed by atoms with E-state index in [1.54, 1.807) is 19.2 Å². The Morgan fingerprint density at radius 1 is 1.17 bits per heavy atom. The number of hydrogen-bond donors (Lipinski definition) is 1. The molecule has 5 heteroatoms. The molecule has 0 radical (unpaired) electrons. The zero-order valence-corrected chi connectivity index (χ0v) is 13.5. The van der Waals surface area contributed by atoms with Gasteiger partial charge in [-0.05, 0) is 32.3 Å². The Kier molecular flexibility index (Phi) is 5.71. The maximum Gasteiger partial charge on any atom is 0.254 e. The second-order valence-corrected chi connectivity index (χ2v) is 5.41. The lowest BCUT2D eigenvalue weighted by Crippen LogP contribution is -2.35. The summed E-state index contributed by atoms with van der Waals surface area (Å²) in [7, 11) is 5.46. The Balaban J connectivity index is 2.15. The highest BCUT2D eigenvalue weighted by Crippen LogP contribution is 2.27. The molecular weight excluding hydrogens is 295 g/mol. The SMILES string of the molecule is COc1ccccc1[C@@H](CNC(=O)c1ccccc1F)N(C)C. The maximum absolute atomic E-state index is 13.7. The summed E-state index contributed by atoms with van der Waals surface area (Å²) >= 11 is 0. The van der Waals surface area contributed by atoms with E-state index in [1.165, 1.54) is 12.1 Å². The van der Waals surface area contributed by atoms with Crippen LogP contribution in [0.1, 0.15) is 22.0 Å². The van der Waals surface area contributed by atoms with Crippen molar-refractivity contribution in [1.82, 2.24) is 10.2 Å². The molecule has 23 heavy (non-hydrogen) atoms. The molecule has 0 aromatic heterocycles. The second-order valence-electron chi connectivity index (χ2n) is 5.41. The van der Waals surface area contributed by atoms with Crippen LogP contribution in [0.5, 0.6) is 5.75 Å². The maximum atomic E-state index is 13.7. The Labute approximate surface area is 135 Å². The van der Waals surface area contributed by atoms with Crippen LogP contribution in [0.4, 0.5) is 4.39 Å². The van der Waals surface area contributed by atoms with E-state index < -0.39 is 11.7 Å². The smallest absolute Gasteiger partial charge is 0.254 e. The highest BCUT2D eigenvalue weighted by atomic mass is 19.1. The average molecular weight is 316 g/mol. The number of nitrogens with one attached hydrogen (secondary N) is 1. The molecule has 1 amide bonds. The predicted octanol–water partition coefficient (Wildman–Crippen LogP) is 2.87. The first-order chi connectivity index (χ1) is 11.0. The van der Waals surface area contributed by atoms with Gasteiger partial charge in [-0.15, -0.1) is 0 Å². The quantitative estimate of drug-likeness (QED) is 0.891. The standard InChI is InChI=1S/C18H21FN2O2/c1-21(2)16(14-9-5-7-11-17(14)23-3)12-20-18(22)13-8-4-6-10-15(13)19/h4-11,16H,12H2,1-3H3,(H,20,22)/t16-/m1/s1. The number of carbonyl (C=O) groups excluding carboxylic acids is 1. The minimum Gasteiger partial charge on any atom is -0.496 e. The van der Waals surface area contributed by atoms with Gasteiger partial charge in [0.1, 0.15) is 11.6 Å². The van der Waals surface area contributed by atoms with Gasteiger partial charge in [0.15, 0.2) is 0 Å². The lowest BCUT2D eigenvalue weighted by Gasteiger charge is -2.26. The molecular formula is C18H21FN2O2. The molecule has 0 bridgehead atoms. The molecule has 0 aliphatic heterocycles. The van der Waals surface area contributed by atoms with E-state index >= 15 is 0 Å². The number of likely N-dealkylation sites (N-methyl/N-ethyl adjacent to an activating group) is 1. The summed E-state index contributed by atoms with van der Waals surface area (Å²) in [5.74, 6) is -0.195. The normalized spacial score (nSPS) is 12.0. The monoisotopic (exact) mass is 316 g/mol. The summed E-state index contributed by atoms with van der Waals surface area (Å²) in [4.78, 5) is 14.2. The fourth-order valence-corrected chi connectivity index (χ4v) is 2.44. The zero-order chi connectivity index (χ0) is 16.8. The second kappa shape index (κ2) is 7.74. The van der Waals surface area contributed by atoms with Crippen molar-refractivity contribution in [3.63, 3.8) is 0 Å². The summed E-state index contributed by atoms with van der Waals surface area (Å²) in [6.07, 6.45) is 0. The Hall–Kier alpha value is -2.40. The van der Waals surface area contributed by atoms with Gasteiger partial charge in [-0.1, -0.05) is 30.3 Å². The number of amides is 1. The van der Waals surface area contributed by atoms with Gasteiger partial charge < -0.3 is 15.0 Å². The molecule has 4 nitrogen and oxygen atoms in total. The first-order valence-corrected chi connectivity index (χ1v) is 7.36. The molecule has 0 unspecified atom stereocenters. The third-order valence-corrected chi connectivity index (χ3v) is 3.70. The van der Waals surface area contributed by atoms with E-state index in [1.807, 2.05) is 43.3 Å². The van der Waals surface area contributed by atoms with Crippen molar-refractivity contribution in [2.24, 2.45) is 0 Å². The van der Waals surface area contributed by atoms with Crippen LogP contribution >= 0.6 is 0 Å². The molecule has 1 N–H and O–H groups in total. The molecule has 122 valence electrons. The Bertz CT molecular complexity index is 674. The van der Waals surface area contributed by atoms with Gasteiger partial charge in [-0.3, -0.25) is 4.79 Å². The van der Waals surface area contributed by atoms with Crippen LogP contribution in [0.15, 0.2) is 48.5 Å². The van der Waals surface area contributed by atoms with Gasteiger partial charge >= 0.3 is 0 Å². The first-order valence-electron chi connectivity index (χ1n) is 7.36. The summed E-state index contributed by atoms with van der Waals surface area (Å²) in [6.45, 7) is 0.348. The Morgan fingerprint density at radius 2 is 1.83 bits per heavy atom. The molecule has 2 aromatic carbocycles. The number of methoxy groups -OCH3 is 1. The Morgan fingerprint density at radius 3 is 2.48 bits per heavy atom. The molecule has 0 spiro atoms. The van der Waals surface area contributed by atoms with E-state index in [2.05, 4.69) is 5.32 Å². The molecule has 0 aliphatic rings. The van der Waals surface area contributed by atoms with Gasteiger partial charge in [0.25, 0.3) is 5.91 Å². The zero-order valence-electron chi connectivity index (χ0n) is 13.5. The van der Waals surface area contributed by atoms with Crippen molar-refractivity contribution in [2.45, 2.75) is 6.04 Å². The van der Waals surface area contributed by atoms with Crippen LogP contribution in [0.2, 0.25) is 0 Å². The number of benzene rings is 2. The van der Waals surface area contributed by atoms with Crippen LogP contribution in [0, 0.1) is 5.82 Å². The largest absolute Gasteiger partial charge is 0.496 e. The average Bonchev–Trinajstić information content (AvgIpc) is 2.55. The minimum atomic E-state index is -0.524. The molecule has 0 fully saturated rings. The van der Waals surface area contributed by atoms with Crippen LogP contribution in [-0.4, -0.2) is 38.6 Å². The van der Waals surface area contributed by atoms with Crippen molar-refractivity contribution >= 4 is 5.91 Å². The summed E-state index contributed by atoms with van der Waals surface area (Å²) in [6, 6.07) is 13.5. The van der Waals surface area contributed by atoms with Crippen LogP contribution in [0.3, 0.4) is 0 Å². The number of halogens is 1. The fraction of sp³-hybridized carbons (Fsp3) is 0.278. The third-order valence-electron chi connectivity index (χ3n) is 3.70. The summed E-state index contributed by atoms with van der Waals surface area (Å²) in [5.41, 5.74) is 1.01. The fourth-order valence-electron chi connectivity index (χ4n) is 2.44. The van der Waals surface area contributed by atoms with Crippen LogP contribution < -0.4 is 10.1 Å². The first kappa shape index (κ1) is 17.0. The van der Waals surface area contributed by atoms with Crippen LogP contribution in [0.25, 0.3) is 0 Å².